The van der Waals surface area contributed by atoms with Gasteiger partial charge in [-0.15, -0.1) is 0 Å². The van der Waals surface area contributed by atoms with Crippen LogP contribution in [0.2, 0.25) is 0 Å². The van der Waals surface area contributed by atoms with Crippen LogP contribution in [0.3, 0.4) is 0 Å². The second-order valence-corrected chi connectivity index (χ2v) is 5.85. The van der Waals surface area contributed by atoms with E-state index in [2.05, 4.69) is 40.3 Å². The van der Waals surface area contributed by atoms with Gasteiger partial charge in [0, 0.05) is 20.1 Å². The van der Waals surface area contributed by atoms with E-state index < -0.39 is 0 Å². The van der Waals surface area contributed by atoms with E-state index >= 15 is 0 Å². The van der Waals surface area contributed by atoms with Gasteiger partial charge in [-0.1, -0.05) is 60.7 Å². The van der Waals surface area contributed by atoms with Gasteiger partial charge in [0.1, 0.15) is 17.5 Å². The van der Waals surface area contributed by atoms with Crippen LogP contribution in [0.25, 0.3) is 0 Å². The van der Waals surface area contributed by atoms with Gasteiger partial charge in [0.25, 0.3) is 0 Å². The molecule has 4 heteroatoms. The van der Waals surface area contributed by atoms with E-state index in [9.17, 15) is 5.26 Å². The SMILES string of the molecule is Cc1nn(C)c(N(Cc2ccccc2)Cc2ccccc2)c1C#N. The van der Waals surface area contributed by atoms with Gasteiger partial charge in [0.15, 0.2) is 0 Å². The first-order valence-corrected chi connectivity index (χ1v) is 7.95. The molecule has 1 heterocycles. The maximum Gasteiger partial charge on any atom is 0.145 e. The second kappa shape index (κ2) is 7.01. The Kier molecular flexibility index (Phi) is 4.62. The van der Waals surface area contributed by atoms with Gasteiger partial charge in [-0.25, -0.2) is 0 Å². The fourth-order valence-electron chi connectivity index (χ4n) is 2.95. The lowest BCUT2D eigenvalue weighted by molar-refractivity contribution is 0.693. The van der Waals surface area contributed by atoms with E-state index in [0.29, 0.717) is 5.56 Å². The highest BCUT2D eigenvalue weighted by atomic mass is 15.4. The Morgan fingerprint density at radius 3 is 1.92 bits per heavy atom. The summed E-state index contributed by atoms with van der Waals surface area (Å²) in [5.41, 5.74) is 3.82. The molecule has 0 aliphatic carbocycles. The summed E-state index contributed by atoms with van der Waals surface area (Å²) in [5.74, 6) is 0.864. The summed E-state index contributed by atoms with van der Waals surface area (Å²) in [6, 6.07) is 22.9. The molecule has 0 aliphatic heterocycles. The lowest BCUT2D eigenvalue weighted by Gasteiger charge is -2.25. The van der Waals surface area contributed by atoms with E-state index in [4.69, 9.17) is 0 Å². The topological polar surface area (TPSA) is 44.9 Å². The molecule has 0 N–H and O–H groups in total. The van der Waals surface area contributed by atoms with Gasteiger partial charge >= 0.3 is 0 Å². The van der Waals surface area contributed by atoms with Crippen molar-refractivity contribution < 1.29 is 0 Å². The van der Waals surface area contributed by atoms with Gasteiger partial charge < -0.3 is 4.90 Å². The predicted molar refractivity (Wildman–Crippen MR) is 95.4 cm³/mol. The fourth-order valence-corrected chi connectivity index (χ4v) is 2.95. The lowest BCUT2D eigenvalue weighted by atomic mass is 10.1. The normalized spacial score (nSPS) is 10.4. The van der Waals surface area contributed by atoms with E-state index in [1.54, 1.807) is 4.68 Å². The molecular weight excluding hydrogens is 296 g/mol. The molecular formula is C20H20N4. The first-order chi connectivity index (χ1) is 11.7. The zero-order valence-electron chi connectivity index (χ0n) is 14.0. The molecule has 0 unspecified atom stereocenters. The van der Waals surface area contributed by atoms with Crippen LogP contribution in [0.1, 0.15) is 22.4 Å². The van der Waals surface area contributed by atoms with Crippen LogP contribution in [0, 0.1) is 18.3 Å². The number of hydrogen-bond acceptors (Lipinski definition) is 3. The monoisotopic (exact) mass is 316 g/mol. The Morgan fingerprint density at radius 2 is 1.46 bits per heavy atom. The van der Waals surface area contributed by atoms with Crippen LogP contribution < -0.4 is 4.90 Å². The van der Waals surface area contributed by atoms with Crippen molar-refractivity contribution in [1.82, 2.24) is 9.78 Å². The third kappa shape index (κ3) is 3.31. The predicted octanol–water partition coefficient (Wildman–Crippen LogP) is 3.81. The number of benzene rings is 2. The molecule has 0 radical (unpaired) electrons. The molecule has 0 spiro atoms. The Hall–Kier alpha value is -3.06. The summed E-state index contributed by atoms with van der Waals surface area (Å²) in [7, 11) is 1.90. The first-order valence-electron chi connectivity index (χ1n) is 7.95. The highest BCUT2D eigenvalue weighted by Gasteiger charge is 2.20. The zero-order chi connectivity index (χ0) is 16.9. The third-order valence-corrected chi connectivity index (χ3v) is 4.04. The van der Waals surface area contributed by atoms with Crippen molar-refractivity contribution >= 4 is 5.82 Å². The summed E-state index contributed by atoms with van der Waals surface area (Å²) >= 11 is 0. The van der Waals surface area contributed by atoms with Crippen molar-refractivity contribution in [3.8, 4) is 6.07 Å². The van der Waals surface area contributed by atoms with E-state index in [0.717, 1.165) is 24.6 Å². The molecule has 3 rings (SSSR count). The molecule has 120 valence electrons. The number of anilines is 1. The Morgan fingerprint density at radius 1 is 0.958 bits per heavy atom. The number of nitrogens with zero attached hydrogens (tertiary/aromatic N) is 4. The summed E-state index contributed by atoms with van der Waals surface area (Å²) in [6.07, 6.45) is 0. The number of aromatic nitrogens is 2. The van der Waals surface area contributed by atoms with Crippen molar-refractivity contribution in [2.45, 2.75) is 20.0 Å². The molecule has 0 atom stereocenters. The summed E-state index contributed by atoms with van der Waals surface area (Å²) in [4.78, 5) is 2.21. The molecule has 24 heavy (non-hydrogen) atoms. The number of nitriles is 1. The smallest absolute Gasteiger partial charge is 0.145 e. The molecule has 0 saturated heterocycles. The van der Waals surface area contributed by atoms with Crippen LogP contribution in [-0.4, -0.2) is 9.78 Å². The Bertz CT molecular complexity index is 803. The minimum Gasteiger partial charge on any atom is -0.347 e. The summed E-state index contributed by atoms with van der Waals surface area (Å²) in [5, 5.41) is 14.0. The number of rotatable bonds is 5. The average molecular weight is 316 g/mol. The van der Waals surface area contributed by atoms with E-state index in [1.165, 1.54) is 11.1 Å². The van der Waals surface area contributed by atoms with Crippen molar-refractivity contribution in [2.24, 2.45) is 7.05 Å². The molecule has 4 nitrogen and oxygen atoms in total. The van der Waals surface area contributed by atoms with Gasteiger partial charge in [0.05, 0.1) is 5.69 Å². The standard InChI is InChI=1S/C20H20N4/c1-16-19(13-21)20(23(2)22-16)24(14-17-9-5-3-6-10-17)15-18-11-7-4-8-12-18/h3-12H,14-15H2,1-2H3. The van der Waals surface area contributed by atoms with Crippen molar-refractivity contribution in [2.75, 3.05) is 4.90 Å². The Balaban J connectivity index is 2.00. The molecule has 2 aromatic carbocycles. The highest BCUT2D eigenvalue weighted by molar-refractivity contribution is 5.57. The van der Waals surface area contributed by atoms with E-state index in [-0.39, 0.29) is 0 Å². The lowest BCUT2D eigenvalue weighted by Crippen LogP contribution is -2.25. The highest BCUT2D eigenvalue weighted by Crippen LogP contribution is 2.26. The molecule has 1 aromatic heterocycles. The van der Waals surface area contributed by atoms with Crippen molar-refractivity contribution in [3.05, 3.63) is 83.0 Å². The minimum atomic E-state index is 0.643. The fraction of sp³-hybridized carbons (Fsp3) is 0.200. The van der Waals surface area contributed by atoms with Crippen LogP contribution >= 0.6 is 0 Å². The average Bonchev–Trinajstić information content (AvgIpc) is 2.89. The number of hydrogen-bond donors (Lipinski definition) is 0. The first kappa shape index (κ1) is 15.8. The zero-order valence-corrected chi connectivity index (χ0v) is 14.0. The van der Waals surface area contributed by atoms with Gasteiger partial charge in [-0.2, -0.15) is 10.4 Å². The van der Waals surface area contributed by atoms with Crippen molar-refractivity contribution in [3.63, 3.8) is 0 Å². The summed E-state index contributed by atoms with van der Waals surface area (Å²) in [6.45, 7) is 3.33. The third-order valence-electron chi connectivity index (χ3n) is 4.04. The molecule has 0 fully saturated rings. The van der Waals surface area contributed by atoms with Crippen LogP contribution in [-0.2, 0) is 20.1 Å². The quantitative estimate of drug-likeness (QED) is 0.719. The summed E-state index contributed by atoms with van der Waals surface area (Å²) < 4.78 is 1.81. The van der Waals surface area contributed by atoms with E-state index in [1.807, 2.05) is 50.4 Å². The van der Waals surface area contributed by atoms with Crippen LogP contribution in [0.4, 0.5) is 5.82 Å². The molecule has 0 amide bonds. The van der Waals surface area contributed by atoms with Gasteiger partial charge in [-0.3, -0.25) is 4.68 Å². The van der Waals surface area contributed by atoms with Crippen LogP contribution in [0.5, 0.6) is 0 Å². The second-order valence-electron chi connectivity index (χ2n) is 5.85. The van der Waals surface area contributed by atoms with Gasteiger partial charge in [-0.05, 0) is 18.1 Å². The van der Waals surface area contributed by atoms with Gasteiger partial charge in [0.2, 0.25) is 0 Å². The van der Waals surface area contributed by atoms with Crippen molar-refractivity contribution in [1.29, 1.82) is 5.26 Å². The minimum absolute atomic E-state index is 0.643. The Labute approximate surface area is 142 Å². The maximum atomic E-state index is 9.56. The maximum absolute atomic E-state index is 9.56. The number of aryl methyl sites for hydroxylation is 2. The largest absolute Gasteiger partial charge is 0.347 e. The molecule has 0 saturated carbocycles. The van der Waals surface area contributed by atoms with Crippen LogP contribution in [0.15, 0.2) is 60.7 Å². The molecule has 0 bridgehead atoms. The molecule has 3 aromatic rings. The molecule has 0 aliphatic rings.